The molecule has 0 amide bonds. The molecule has 0 aliphatic rings. The van der Waals surface area contributed by atoms with Crippen LogP contribution in [0.3, 0.4) is 0 Å². The monoisotopic (exact) mass is 266 g/mol. The van der Waals surface area contributed by atoms with Crippen LogP contribution in [0.15, 0.2) is 35.5 Å². The number of hydrogen-bond acceptors (Lipinski definition) is 4. The molecule has 2 aromatic rings. The lowest BCUT2D eigenvalue weighted by molar-refractivity contribution is 0.601. The Balaban J connectivity index is 2.35. The fraction of sp³-hybridized carbons (Fsp3) is 0.182. The van der Waals surface area contributed by atoms with Crippen molar-refractivity contribution in [2.75, 3.05) is 4.72 Å². The fourth-order valence-electron chi connectivity index (χ4n) is 1.50. The van der Waals surface area contributed by atoms with Gasteiger partial charge in [0.25, 0.3) is 10.0 Å². The molecule has 0 aliphatic heterocycles. The van der Waals surface area contributed by atoms with Crippen LogP contribution in [0.1, 0.15) is 11.1 Å². The van der Waals surface area contributed by atoms with Crippen LogP contribution in [-0.2, 0) is 16.6 Å². The van der Waals surface area contributed by atoms with Gasteiger partial charge in [-0.25, -0.2) is 8.42 Å². The maximum atomic E-state index is 12.0. The quantitative estimate of drug-likeness (QED) is 0.767. The third-order valence-corrected chi connectivity index (χ3v) is 3.90. The van der Waals surface area contributed by atoms with Crippen molar-refractivity contribution < 1.29 is 8.42 Å². The summed E-state index contributed by atoms with van der Waals surface area (Å²) in [5.41, 5.74) is 7.76. The molecule has 0 saturated heterocycles. The zero-order valence-corrected chi connectivity index (χ0v) is 10.7. The summed E-state index contributed by atoms with van der Waals surface area (Å²) in [5.74, 6) is 0. The van der Waals surface area contributed by atoms with Gasteiger partial charge >= 0.3 is 0 Å². The number of aromatic amines is 1. The van der Waals surface area contributed by atoms with Gasteiger partial charge in [-0.05, 0) is 24.1 Å². The Hall–Kier alpha value is -1.86. The number of rotatable bonds is 4. The van der Waals surface area contributed by atoms with Gasteiger partial charge in [-0.15, -0.1) is 0 Å². The predicted octanol–water partition coefficient (Wildman–Crippen LogP) is 0.978. The molecule has 0 fully saturated rings. The van der Waals surface area contributed by atoms with Gasteiger partial charge in [0.1, 0.15) is 4.90 Å². The van der Waals surface area contributed by atoms with E-state index >= 15 is 0 Å². The molecule has 7 heteroatoms. The molecule has 0 atom stereocenters. The molecule has 96 valence electrons. The number of hydrogen-bond donors (Lipinski definition) is 3. The molecule has 2 rings (SSSR count). The molecule has 0 saturated carbocycles. The molecule has 6 nitrogen and oxygen atoms in total. The first-order valence-corrected chi connectivity index (χ1v) is 6.82. The van der Waals surface area contributed by atoms with E-state index < -0.39 is 10.0 Å². The second-order valence-electron chi connectivity index (χ2n) is 3.89. The van der Waals surface area contributed by atoms with Gasteiger partial charge in [-0.1, -0.05) is 12.1 Å². The van der Waals surface area contributed by atoms with E-state index in [0.29, 0.717) is 12.2 Å². The van der Waals surface area contributed by atoms with E-state index in [1.54, 1.807) is 6.07 Å². The minimum Gasteiger partial charge on any atom is -0.326 e. The van der Waals surface area contributed by atoms with Crippen LogP contribution < -0.4 is 10.5 Å². The molecular formula is C11H14N4O2S. The summed E-state index contributed by atoms with van der Waals surface area (Å²) in [6.07, 6.45) is 2.58. The fourth-order valence-corrected chi connectivity index (χ4v) is 2.52. The summed E-state index contributed by atoms with van der Waals surface area (Å²) in [6, 6.07) is 5.42. The van der Waals surface area contributed by atoms with E-state index in [4.69, 9.17) is 5.73 Å². The minimum absolute atomic E-state index is 0.0973. The number of H-pyrrole nitrogens is 1. The highest BCUT2D eigenvalue weighted by atomic mass is 32.2. The molecule has 0 spiro atoms. The Morgan fingerprint density at radius 3 is 2.83 bits per heavy atom. The van der Waals surface area contributed by atoms with Gasteiger partial charge in [0.05, 0.1) is 11.9 Å². The van der Waals surface area contributed by atoms with Crippen LogP contribution in [0.4, 0.5) is 5.69 Å². The van der Waals surface area contributed by atoms with Gasteiger partial charge in [0.15, 0.2) is 0 Å². The third-order valence-electron chi connectivity index (χ3n) is 2.57. The van der Waals surface area contributed by atoms with Crippen molar-refractivity contribution in [3.63, 3.8) is 0 Å². The molecule has 1 aromatic heterocycles. The first kappa shape index (κ1) is 12.6. The lowest BCUT2D eigenvalue weighted by Crippen LogP contribution is -2.13. The number of nitrogens with one attached hydrogen (secondary N) is 2. The first-order valence-electron chi connectivity index (χ1n) is 5.34. The zero-order valence-electron chi connectivity index (χ0n) is 9.84. The summed E-state index contributed by atoms with van der Waals surface area (Å²) in [4.78, 5) is 0.0973. The Bertz CT molecular complexity index is 635. The highest BCUT2D eigenvalue weighted by Crippen LogP contribution is 2.20. The Kier molecular flexibility index (Phi) is 3.35. The summed E-state index contributed by atoms with van der Waals surface area (Å²) in [6.45, 7) is 2.19. The van der Waals surface area contributed by atoms with Crippen molar-refractivity contribution >= 4 is 15.7 Å². The molecule has 0 aliphatic carbocycles. The van der Waals surface area contributed by atoms with E-state index in [9.17, 15) is 8.42 Å². The topological polar surface area (TPSA) is 101 Å². The third kappa shape index (κ3) is 2.52. The van der Waals surface area contributed by atoms with E-state index in [-0.39, 0.29) is 4.90 Å². The van der Waals surface area contributed by atoms with Gasteiger partial charge in [-0.3, -0.25) is 9.82 Å². The van der Waals surface area contributed by atoms with Crippen molar-refractivity contribution in [3.05, 3.63) is 41.7 Å². The Labute approximate surface area is 105 Å². The largest absolute Gasteiger partial charge is 0.326 e. The van der Waals surface area contributed by atoms with Crippen LogP contribution in [0.5, 0.6) is 0 Å². The maximum Gasteiger partial charge on any atom is 0.265 e. The molecule has 0 unspecified atom stereocenters. The average Bonchev–Trinajstić information content (AvgIpc) is 2.86. The molecule has 4 N–H and O–H groups in total. The molecule has 0 bridgehead atoms. The summed E-state index contributed by atoms with van der Waals surface area (Å²) >= 11 is 0. The molecule has 18 heavy (non-hydrogen) atoms. The van der Waals surface area contributed by atoms with Crippen molar-refractivity contribution in [2.24, 2.45) is 5.73 Å². The maximum absolute atomic E-state index is 12.0. The standard InChI is InChI=1S/C11H14N4O2S/c1-8-2-3-9(5-12)4-11(8)15-18(16,17)10-6-13-14-7-10/h2-4,6-7,15H,5,12H2,1H3,(H,13,14). The van der Waals surface area contributed by atoms with Gasteiger partial charge in [-0.2, -0.15) is 5.10 Å². The Morgan fingerprint density at radius 1 is 1.44 bits per heavy atom. The molecule has 1 heterocycles. The van der Waals surface area contributed by atoms with Crippen molar-refractivity contribution in [2.45, 2.75) is 18.4 Å². The number of anilines is 1. The van der Waals surface area contributed by atoms with E-state index in [0.717, 1.165) is 11.1 Å². The van der Waals surface area contributed by atoms with Gasteiger partial charge < -0.3 is 5.73 Å². The SMILES string of the molecule is Cc1ccc(CN)cc1NS(=O)(=O)c1cn[nH]c1. The van der Waals surface area contributed by atoms with E-state index in [1.807, 2.05) is 19.1 Å². The van der Waals surface area contributed by atoms with E-state index in [1.165, 1.54) is 12.4 Å². The first-order chi connectivity index (χ1) is 8.53. The molecule has 1 aromatic carbocycles. The van der Waals surface area contributed by atoms with Gasteiger partial charge in [0.2, 0.25) is 0 Å². The highest BCUT2D eigenvalue weighted by Gasteiger charge is 2.16. The van der Waals surface area contributed by atoms with Crippen LogP contribution >= 0.6 is 0 Å². The average molecular weight is 266 g/mol. The zero-order chi connectivity index (χ0) is 13.2. The van der Waals surface area contributed by atoms with Crippen LogP contribution in [0, 0.1) is 6.92 Å². The second kappa shape index (κ2) is 4.79. The molecular weight excluding hydrogens is 252 g/mol. The Morgan fingerprint density at radius 2 is 2.22 bits per heavy atom. The number of nitrogens with zero attached hydrogens (tertiary/aromatic N) is 1. The lowest BCUT2D eigenvalue weighted by Gasteiger charge is -2.10. The lowest BCUT2D eigenvalue weighted by atomic mass is 10.1. The summed E-state index contributed by atoms with van der Waals surface area (Å²) in [7, 11) is -3.60. The van der Waals surface area contributed by atoms with Crippen molar-refractivity contribution in [1.29, 1.82) is 0 Å². The number of nitrogens with two attached hydrogens (primary N) is 1. The van der Waals surface area contributed by atoms with Crippen molar-refractivity contribution in [1.82, 2.24) is 10.2 Å². The molecule has 0 radical (unpaired) electrons. The number of aryl methyl sites for hydroxylation is 1. The second-order valence-corrected chi connectivity index (χ2v) is 5.58. The van der Waals surface area contributed by atoms with E-state index in [2.05, 4.69) is 14.9 Å². The normalized spacial score (nSPS) is 11.4. The summed E-state index contributed by atoms with van der Waals surface area (Å²) < 4.78 is 26.5. The minimum atomic E-state index is -3.60. The van der Waals surface area contributed by atoms with Crippen LogP contribution in [0.25, 0.3) is 0 Å². The number of benzene rings is 1. The number of aromatic nitrogens is 2. The highest BCUT2D eigenvalue weighted by molar-refractivity contribution is 7.92. The van der Waals surface area contributed by atoms with Crippen LogP contribution in [-0.4, -0.2) is 18.6 Å². The van der Waals surface area contributed by atoms with Gasteiger partial charge in [0, 0.05) is 12.7 Å². The smallest absolute Gasteiger partial charge is 0.265 e. The number of sulfonamides is 1. The summed E-state index contributed by atoms with van der Waals surface area (Å²) in [5, 5.41) is 6.09. The van der Waals surface area contributed by atoms with Crippen molar-refractivity contribution in [3.8, 4) is 0 Å². The van der Waals surface area contributed by atoms with Crippen LogP contribution in [0.2, 0.25) is 0 Å². The predicted molar refractivity (Wildman–Crippen MR) is 68.5 cm³/mol.